The predicted octanol–water partition coefficient (Wildman–Crippen LogP) is 2.25. The number of nitrogens with one attached hydrogen (secondary N) is 1. The topological polar surface area (TPSA) is 182 Å². The largest absolute Gasteiger partial charge is 0.423 e. The highest BCUT2D eigenvalue weighted by molar-refractivity contribution is 6.30. The minimum absolute atomic E-state index is 0.179. The van der Waals surface area contributed by atoms with Crippen LogP contribution in [0.5, 0.6) is 5.75 Å². The molecule has 0 bridgehead atoms. The van der Waals surface area contributed by atoms with Crippen LogP contribution in [-0.2, 0) is 30.6 Å². The number of aryl methyl sites for hydroxylation is 1. The second kappa shape index (κ2) is 10.9. The third kappa shape index (κ3) is 6.03. The zero-order valence-electron chi connectivity index (χ0n) is 19.3. The number of benzene rings is 1. The Morgan fingerprint density at radius 2 is 1.76 bits per heavy atom. The standard InChI is InChI=1S/C22H21ClN4O10/c1-11-20(16-10-34-21(15(16)8-24-11)12-2-4-14(23)5-3-12)35-19(28)9-25-22(29)13-6-17(36-26(30)31)18(7-13)37-27(32)33/h2-5,8,13,17-18,21H,6-7,9-10H2,1H3,(H,25,29)/t13-,17+,18-,21-/m0/s1. The van der Waals surface area contributed by atoms with Gasteiger partial charge in [-0.2, -0.15) is 0 Å². The van der Waals surface area contributed by atoms with Gasteiger partial charge in [0.25, 0.3) is 10.2 Å². The molecular formula is C22H21ClN4O10. The summed E-state index contributed by atoms with van der Waals surface area (Å²) in [5.74, 6) is -2.10. The molecule has 1 N–H and O–H groups in total. The molecule has 1 aliphatic carbocycles. The molecule has 37 heavy (non-hydrogen) atoms. The highest BCUT2D eigenvalue weighted by atomic mass is 35.5. The zero-order valence-corrected chi connectivity index (χ0v) is 20.1. The molecule has 0 radical (unpaired) electrons. The van der Waals surface area contributed by atoms with Gasteiger partial charge in [-0.05, 0) is 37.5 Å². The van der Waals surface area contributed by atoms with Crippen LogP contribution in [0.1, 0.15) is 41.3 Å². The molecule has 0 unspecified atom stereocenters. The Labute approximate surface area is 214 Å². The van der Waals surface area contributed by atoms with E-state index in [1.807, 2.05) is 12.1 Å². The summed E-state index contributed by atoms with van der Waals surface area (Å²) >= 11 is 5.96. The third-order valence-electron chi connectivity index (χ3n) is 6.08. The van der Waals surface area contributed by atoms with Gasteiger partial charge >= 0.3 is 5.97 Å². The van der Waals surface area contributed by atoms with Crippen molar-refractivity contribution in [1.29, 1.82) is 0 Å². The summed E-state index contributed by atoms with van der Waals surface area (Å²) in [4.78, 5) is 59.5. The number of pyridine rings is 1. The van der Waals surface area contributed by atoms with Crippen LogP contribution in [0.2, 0.25) is 5.02 Å². The van der Waals surface area contributed by atoms with Crippen molar-refractivity contribution in [1.82, 2.24) is 10.3 Å². The van der Waals surface area contributed by atoms with E-state index < -0.39 is 52.8 Å². The first-order chi connectivity index (χ1) is 17.6. The van der Waals surface area contributed by atoms with Gasteiger partial charge in [0.1, 0.15) is 24.9 Å². The van der Waals surface area contributed by atoms with Gasteiger partial charge in [0.2, 0.25) is 5.91 Å². The van der Waals surface area contributed by atoms with Gasteiger partial charge in [0, 0.05) is 28.3 Å². The van der Waals surface area contributed by atoms with Crippen molar-refractivity contribution < 1.29 is 38.9 Å². The van der Waals surface area contributed by atoms with Crippen molar-refractivity contribution in [3.8, 4) is 5.75 Å². The maximum Gasteiger partial charge on any atom is 0.330 e. The molecule has 196 valence electrons. The molecule has 4 atom stereocenters. The fourth-order valence-electron chi connectivity index (χ4n) is 4.40. The lowest BCUT2D eigenvalue weighted by Gasteiger charge is -2.14. The predicted molar refractivity (Wildman–Crippen MR) is 122 cm³/mol. The lowest BCUT2D eigenvalue weighted by Crippen LogP contribution is -2.36. The lowest BCUT2D eigenvalue weighted by atomic mass is 10.0. The molecule has 2 aliphatic rings. The second-order valence-corrected chi connectivity index (χ2v) is 8.88. The number of rotatable bonds is 9. The normalized spacial score (nSPS) is 22.1. The monoisotopic (exact) mass is 536 g/mol. The van der Waals surface area contributed by atoms with Gasteiger partial charge in [0.05, 0.1) is 12.3 Å². The summed E-state index contributed by atoms with van der Waals surface area (Å²) in [5.41, 5.74) is 2.70. The smallest absolute Gasteiger partial charge is 0.330 e. The van der Waals surface area contributed by atoms with E-state index in [2.05, 4.69) is 20.0 Å². The molecule has 2 heterocycles. The van der Waals surface area contributed by atoms with Crippen molar-refractivity contribution in [2.45, 2.75) is 44.7 Å². The van der Waals surface area contributed by atoms with Crippen molar-refractivity contribution in [3.63, 3.8) is 0 Å². The van der Waals surface area contributed by atoms with Crippen LogP contribution in [0.15, 0.2) is 30.5 Å². The molecule has 0 saturated heterocycles. The molecule has 4 rings (SSSR count). The van der Waals surface area contributed by atoms with Crippen LogP contribution >= 0.6 is 11.6 Å². The SMILES string of the molecule is Cc1ncc2c(c1OC(=O)CNC(=O)[C@@H]1C[C@H](O[N+](=O)[O-])[C@H](O[N+](=O)[O-])C1)CO[C@H]2c1ccc(Cl)cc1. The number of ether oxygens (including phenoxy) is 2. The van der Waals surface area contributed by atoms with Crippen LogP contribution in [0.4, 0.5) is 0 Å². The number of halogens is 1. The van der Waals surface area contributed by atoms with Gasteiger partial charge < -0.3 is 24.5 Å². The van der Waals surface area contributed by atoms with Crippen molar-refractivity contribution in [3.05, 3.63) is 78.1 Å². The fraction of sp³-hybridized carbons (Fsp3) is 0.409. The van der Waals surface area contributed by atoms with E-state index >= 15 is 0 Å². The first kappa shape index (κ1) is 26.0. The van der Waals surface area contributed by atoms with E-state index in [-0.39, 0.29) is 25.2 Å². The third-order valence-corrected chi connectivity index (χ3v) is 6.33. The van der Waals surface area contributed by atoms with Crippen LogP contribution in [0.25, 0.3) is 0 Å². The average Bonchev–Trinajstić information content (AvgIpc) is 3.43. The first-order valence-corrected chi connectivity index (χ1v) is 11.5. The minimum Gasteiger partial charge on any atom is -0.423 e. The Kier molecular flexibility index (Phi) is 7.69. The van der Waals surface area contributed by atoms with E-state index in [1.54, 1.807) is 25.3 Å². The Balaban J connectivity index is 1.38. The summed E-state index contributed by atoms with van der Waals surface area (Å²) in [6, 6.07) is 7.14. The molecule has 1 saturated carbocycles. The van der Waals surface area contributed by atoms with Gasteiger partial charge in [-0.15, -0.1) is 20.2 Å². The highest BCUT2D eigenvalue weighted by Gasteiger charge is 2.42. The molecule has 14 nitrogen and oxygen atoms in total. The molecule has 1 aromatic heterocycles. The van der Waals surface area contributed by atoms with E-state index in [0.717, 1.165) is 11.1 Å². The van der Waals surface area contributed by atoms with E-state index in [0.29, 0.717) is 16.3 Å². The molecule has 1 amide bonds. The number of hydrogen-bond donors (Lipinski definition) is 1. The van der Waals surface area contributed by atoms with Crippen LogP contribution in [0, 0.1) is 33.1 Å². The van der Waals surface area contributed by atoms with E-state index in [9.17, 15) is 29.8 Å². The molecule has 2 aromatic rings. The zero-order chi connectivity index (χ0) is 26.7. The maximum atomic E-state index is 12.5. The highest BCUT2D eigenvalue weighted by Crippen LogP contribution is 2.41. The minimum atomic E-state index is -1.29. The van der Waals surface area contributed by atoms with Gasteiger partial charge in [0.15, 0.2) is 5.75 Å². The summed E-state index contributed by atoms with van der Waals surface area (Å²) in [6.45, 7) is 1.33. The Bertz CT molecular complexity index is 1200. The number of hydrogen-bond acceptors (Lipinski definition) is 11. The van der Waals surface area contributed by atoms with E-state index in [4.69, 9.17) is 21.1 Å². The number of carbonyl (C=O) groups is 2. The maximum absolute atomic E-state index is 12.5. The number of nitrogens with zero attached hydrogens (tertiary/aromatic N) is 3. The Morgan fingerprint density at radius 1 is 1.14 bits per heavy atom. The molecular weight excluding hydrogens is 516 g/mol. The van der Waals surface area contributed by atoms with Gasteiger partial charge in [-0.25, -0.2) is 4.79 Å². The summed E-state index contributed by atoms with van der Waals surface area (Å²) < 4.78 is 11.4. The molecule has 15 heteroatoms. The molecule has 1 fully saturated rings. The fourth-order valence-corrected chi connectivity index (χ4v) is 4.53. The first-order valence-electron chi connectivity index (χ1n) is 11.1. The number of fused-ring (bicyclic) bond motifs is 1. The Hall–Kier alpha value is -4.04. The summed E-state index contributed by atoms with van der Waals surface area (Å²) in [7, 11) is 0. The van der Waals surface area contributed by atoms with Crippen molar-refractivity contribution >= 4 is 23.5 Å². The van der Waals surface area contributed by atoms with Gasteiger partial charge in [-0.3, -0.25) is 9.78 Å². The number of carbonyl (C=O) groups excluding carboxylic acids is 2. The number of esters is 1. The lowest BCUT2D eigenvalue weighted by molar-refractivity contribution is -0.797. The summed E-state index contributed by atoms with van der Waals surface area (Å²) in [5, 5.41) is 22.1. The number of amides is 1. The van der Waals surface area contributed by atoms with Crippen LogP contribution in [-0.4, -0.2) is 45.8 Å². The van der Waals surface area contributed by atoms with Crippen molar-refractivity contribution in [2.75, 3.05) is 6.54 Å². The van der Waals surface area contributed by atoms with Crippen LogP contribution in [0.3, 0.4) is 0 Å². The Morgan fingerprint density at radius 3 is 2.35 bits per heavy atom. The molecule has 1 aromatic carbocycles. The van der Waals surface area contributed by atoms with Crippen LogP contribution < -0.4 is 10.1 Å². The van der Waals surface area contributed by atoms with Gasteiger partial charge in [-0.1, -0.05) is 23.7 Å². The van der Waals surface area contributed by atoms with Crippen molar-refractivity contribution in [2.24, 2.45) is 5.92 Å². The molecule has 0 spiro atoms. The average molecular weight is 537 g/mol. The second-order valence-electron chi connectivity index (χ2n) is 8.44. The summed E-state index contributed by atoms with van der Waals surface area (Å²) in [6.07, 6.45) is -1.74. The quantitative estimate of drug-likeness (QED) is 0.282. The number of aromatic nitrogens is 1. The van der Waals surface area contributed by atoms with E-state index in [1.165, 1.54) is 0 Å². The molecule has 1 aliphatic heterocycles.